The first kappa shape index (κ1) is 17.3. The van der Waals surface area contributed by atoms with Crippen LogP contribution in [0.4, 0.5) is 0 Å². The van der Waals surface area contributed by atoms with Crippen molar-refractivity contribution in [2.75, 3.05) is 0 Å². The van der Waals surface area contributed by atoms with Gasteiger partial charge < -0.3 is 0 Å². The van der Waals surface area contributed by atoms with Crippen LogP contribution in [0.25, 0.3) is 27.9 Å². The maximum atomic E-state index is 4.63. The summed E-state index contributed by atoms with van der Waals surface area (Å²) in [5.74, 6) is 0. The number of aryl methyl sites for hydroxylation is 4. The zero-order chi connectivity index (χ0) is 19.0. The molecular formula is C25H24N2. The normalized spacial score (nSPS) is 11.0. The molecule has 2 nitrogen and oxygen atoms in total. The fraction of sp³-hybridized carbons (Fsp3) is 0.160. The van der Waals surface area contributed by atoms with Gasteiger partial charge >= 0.3 is 0 Å². The van der Waals surface area contributed by atoms with Gasteiger partial charge in [0.1, 0.15) is 0 Å². The van der Waals surface area contributed by atoms with E-state index in [4.69, 9.17) is 0 Å². The summed E-state index contributed by atoms with van der Waals surface area (Å²) in [7, 11) is 0. The minimum atomic E-state index is 1.04. The van der Waals surface area contributed by atoms with E-state index in [-0.39, 0.29) is 0 Å². The zero-order valence-corrected chi connectivity index (χ0v) is 16.3. The van der Waals surface area contributed by atoms with Gasteiger partial charge in [0.25, 0.3) is 0 Å². The second-order valence-electron chi connectivity index (χ2n) is 7.24. The van der Waals surface area contributed by atoms with E-state index in [1.165, 1.54) is 33.4 Å². The van der Waals surface area contributed by atoms with E-state index < -0.39 is 0 Å². The maximum absolute atomic E-state index is 4.63. The lowest BCUT2D eigenvalue weighted by molar-refractivity contribution is 0.831. The highest BCUT2D eigenvalue weighted by Gasteiger charge is 2.11. The highest BCUT2D eigenvalue weighted by atomic mass is 15.3. The van der Waals surface area contributed by atoms with E-state index in [9.17, 15) is 0 Å². The molecule has 0 radical (unpaired) electrons. The van der Waals surface area contributed by atoms with Crippen molar-refractivity contribution in [3.05, 3.63) is 95.3 Å². The molecular weight excluding hydrogens is 328 g/mol. The van der Waals surface area contributed by atoms with E-state index in [1.807, 2.05) is 11.6 Å². The summed E-state index contributed by atoms with van der Waals surface area (Å²) in [6.45, 7) is 8.50. The van der Waals surface area contributed by atoms with Crippen LogP contribution in [0.5, 0.6) is 0 Å². The van der Waals surface area contributed by atoms with Crippen molar-refractivity contribution < 1.29 is 0 Å². The van der Waals surface area contributed by atoms with Crippen LogP contribution in [-0.4, -0.2) is 9.78 Å². The summed E-state index contributed by atoms with van der Waals surface area (Å²) in [6.07, 6.45) is 0. The SMILES string of the molecule is Cc1cc(C)n(-c2cc(C)c(-c3ccc(-c4ccccc4)cc3)c(C)c2)n1. The van der Waals surface area contributed by atoms with Crippen LogP contribution in [0.2, 0.25) is 0 Å². The molecule has 0 fully saturated rings. The second-order valence-corrected chi connectivity index (χ2v) is 7.24. The van der Waals surface area contributed by atoms with Crippen LogP contribution in [0.3, 0.4) is 0 Å². The van der Waals surface area contributed by atoms with Crippen molar-refractivity contribution in [3.8, 4) is 27.9 Å². The first-order valence-electron chi connectivity index (χ1n) is 9.33. The molecule has 0 unspecified atom stereocenters. The van der Waals surface area contributed by atoms with Gasteiger partial charge in [-0.15, -0.1) is 0 Å². The molecule has 4 aromatic rings. The van der Waals surface area contributed by atoms with Crippen molar-refractivity contribution in [2.24, 2.45) is 0 Å². The van der Waals surface area contributed by atoms with Crippen molar-refractivity contribution in [2.45, 2.75) is 27.7 Å². The summed E-state index contributed by atoms with van der Waals surface area (Å²) >= 11 is 0. The van der Waals surface area contributed by atoms with E-state index in [0.29, 0.717) is 0 Å². The summed E-state index contributed by atoms with van der Waals surface area (Å²) in [4.78, 5) is 0. The highest BCUT2D eigenvalue weighted by Crippen LogP contribution is 2.31. The van der Waals surface area contributed by atoms with Gasteiger partial charge in [0.15, 0.2) is 0 Å². The van der Waals surface area contributed by atoms with Gasteiger partial charge in [0, 0.05) is 5.69 Å². The first-order valence-corrected chi connectivity index (χ1v) is 9.33. The molecule has 0 N–H and O–H groups in total. The third-order valence-electron chi connectivity index (χ3n) is 5.05. The fourth-order valence-corrected chi connectivity index (χ4v) is 3.87. The molecule has 0 amide bonds. The Morgan fingerprint density at radius 1 is 0.630 bits per heavy atom. The van der Waals surface area contributed by atoms with Gasteiger partial charge in [0.2, 0.25) is 0 Å². The molecule has 134 valence electrons. The topological polar surface area (TPSA) is 17.8 Å². The average molecular weight is 352 g/mol. The maximum Gasteiger partial charge on any atom is 0.0654 e. The lowest BCUT2D eigenvalue weighted by atomic mass is 9.93. The van der Waals surface area contributed by atoms with Gasteiger partial charge in [-0.25, -0.2) is 4.68 Å². The fourth-order valence-electron chi connectivity index (χ4n) is 3.87. The van der Waals surface area contributed by atoms with Crippen LogP contribution in [0.1, 0.15) is 22.5 Å². The van der Waals surface area contributed by atoms with Crippen LogP contribution >= 0.6 is 0 Å². The first-order chi connectivity index (χ1) is 13.0. The Balaban J connectivity index is 1.73. The Morgan fingerprint density at radius 2 is 1.19 bits per heavy atom. The van der Waals surface area contributed by atoms with E-state index in [1.54, 1.807) is 0 Å². The number of hydrogen-bond donors (Lipinski definition) is 0. The van der Waals surface area contributed by atoms with Crippen LogP contribution in [0, 0.1) is 27.7 Å². The van der Waals surface area contributed by atoms with Crippen LogP contribution in [0.15, 0.2) is 72.8 Å². The van der Waals surface area contributed by atoms with Gasteiger partial charge in [-0.3, -0.25) is 0 Å². The predicted molar refractivity (Wildman–Crippen MR) is 113 cm³/mol. The molecule has 27 heavy (non-hydrogen) atoms. The van der Waals surface area contributed by atoms with Crippen molar-refractivity contribution in [3.63, 3.8) is 0 Å². The average Bonchev–Trinajstić information content (AvgIpc) is 3.00. The predicted octanol–water partition coefficient (Wildman–Crippen LogP) is 6.44. The summed E-state index contributed by atoms with van der Waals surface area (Å²) in [6, 6.07) is 25.9. The van der Waals surface area contributed by atoms with Crippen LogP contribution in [-0.2, 0) is 0 Å². The Morgan fingerprint density at radius 3 is 1.74 bits per heavy atom. The third-order valence-corrected chi connectivity index (χ3v) is 5.05. The molecule has 2 heteroatoms. The lowest BCUT2D eigenvalue weighted by Crippen LogP contribution is -2.01. The molecule has 1 heterocycles. The molecule has 3 aromatic carbocycles. The number of benzene rings is 3. The molecule has 0 atom stereocenters. The number of nitrogens with zero attached hydrogens (tertiary/aromatic N) is 2. The largest absolute Gasteiger partial charge is 0.238 e. The van der Waals surface area contributed by atoms with E-state index in [0.717, 1.165) is 17.1 Å². The Hall–Kier alpha value is -3.13. The van der Waals surface area contributed by atoms with Gasteiger partial charge in [-0.2, -0.15) is 5.10 Å². The minimum absolute atomic E-state index is 1.04. The van der Waals surface area contributed by atoms with Crippen molar-refractivity contribution in [1.82, 2.24) is 9.78 Å². The number of aromatic nitrogens is 2. The Kier molecular flexibility index (Phi) is 4.41. The lowest BCUT2D eigenvalue weighted by Gasteiger charge is -2.14. The molecule has 0 bridgehead atoms. The van der Waals surface area contributed by atoms with E-state index >= 15 is 0 Å². The Bertz CT molecular complexity index is 1060. The molecule has 0 spiro atoms. The smallest absolute Gasteiger partial charge is 0.0654 e. The van der Waals surface area contributed by atoms with Crippen LogP contribution < -0.4 is 0 Å². The van der Waals surface area contributed by atoms with Crippen molar-refractivity contribution >= 4 is 0 Å². The van der Waals surface area contributed by atoms with E-state index in [2.05, 4.69) is 98.7 Å². The summed E-state index contributed by atoms with van der Waals surface area (Å²) < 4.78 is 2.03. The minimum Gasteiger partial charge on any atom is -0.238 e. The summed E-state index contributed by atoms with van der Waals surface area (Å²) in [5.41, 5.74) is 10.9. The van der Waals surface area contributed by atoms with Gasteiger partial charge in [-0.1, -0.05) is 54.6 Å². The van der Waals surface area contributed by atoms with Gasteiger partial charge in [0.05, 0.1) is 11.4 Å². The number of rotatable bonds is 3. The second kappa shape index (κ2) is 6.88. The van der Waals surface area contributed by atoms with Gasteiger partial charge in [-0.05, 0) is 79.3 Å². The van der Waals surface area contributed by atoms with Crippen molar-refractivity contribution in [1.29, 1.82) is 0 Å². The zero-order valence-electron chi connectivity index (χ0n) is 16.3. The molecule has 0 aliphatic rings. The molecule has 0 saturated heterocycles. The Labute approximate surface area is 161 Å². The third kappa shape index (κ3) is 3.31. The molecule has 1 aromatic heterocycles. The highest BCUT2D eigenvalue weighted by molar-refractivity contribution is 5.75. The quantitative estimate of drug-likeness (QED) is 0.415. The standard InChI is InChI=1S/C25H24N2/c1-17-14-24(27-20(4)16-19(3)26-27)15-18(2)25(17)23-12-10-22(11-13-23)21-8-6-5-7-9-21/h5-16H,1-4H3. The molecule has 0 saturated carbocycles. The monoisotopic (exact) mass is 352 g/mol. The molecule has 4 rings (SSSR count). The molecule has 0 aliphatic heterocycles. The molecule has 0 aliphatic carbocycles. The summed E-state index contributed by atoms with van der Waals surface area (Å²) in [5, 5.41) is 4.63. The number of hydrogen-bond acceptors (Lipinski definition) is 1.